The average Bonchev–Trinajstić information content (AvgIpc) is 2.95. The molecular formula is C17H15Cl2N3O3S. The molecule has 0 bridgehead atoms. The molecule has 3 aromatic rings. The number of rotatable bonds is 4. The predicted octanol–water partition coefficient (Wildman–Crippen LogP) is 3.98. The molecule has 0 aliphatic rings. The van der Waals surface area contributed by atoms with Crippen molar-refractivity contribution in [2.24, 2.45) is 0 Å². The molecule has 9 heteroatoms. The molecule has 0 aliphatic heterocycles. The number of nitrogens with one attached hydrogen (secondary N) is 2. The number of fused-ring (bicyclic) bond motifs is 1. The van der Waals surface area contributed by atoms with E-state index in [4.69, 9.17) is 23.2 Å². The quantitative estimate of drug-likeness (QED) is 0.680. The Morgan fingerprint density at radius 3 is 2.31 bits per heavy atom. The van der Waals surface area contributed by atoms with Crippen molar-refractivity contribution in [3.63, 3.8) is 0 Å². The van der Waals surface area contributed by atoms with Crippen molar-refractivity contribution < 1.29 is 13.2 Å². The van der Waals surface area contributed by atoms with Gasteiger partial charge in [-0.2, -0.15) is 0 Å². The summed E-state index contributed by atoms with van der Waals surface area (Å²) >= 11 is 11.8. The van der Waals surface area contributed by atoms with Crippen LogP contribution >= 0.6 is 23.2 Å². The van der Waals surface area contributed by atoms with Gasteiger partial charge in [0.05, 0.1) is 4.90 Å². The largest absolute Gasteiger partial charge is 0.351 e. The standard InChI is InChI=1S/C17H15Cl2N3O3S/c1-22(2)17(23)16-6-10-5-13(3-4-15(10)20-16)21-26(24,25)14-8-11(18)7-12(19)9-14/h3-9,20-21H,1-2H3. The molecular weight excluding hydrogens is 397 g/mol. The minimum atomic E-state index is -3.85. The average molecular weight is 412 g/mol. The van der Waals surface area contributed by atoms with Crippen LogP contribution in [0, 0.1) is 0 Å². The van der Waals surface area contributed by atoms with Gasteiger partial charge < -0.3 is 9.88 Å². The smallest absolute Gasteiger partial charge is 0.269 e. The zero-order chi connectivity index (χ0) is 19.1. The third-order valence-electron chi connectivity index (χ3n) is 3.66. The number of carbonyl (C=O) groups excluding carboxylic acids is 1. The van der Waals surface area contributed by atoms with E-state index in [-0.39, 0.29) is 20.8 Å². The first-order valence-corrected chi connectivity index (χ1v) is 9.73. The summed E-state index contributed by atoms with van der Waals surface area (Å²) in [4.78, 5) is 16.5. The summed E-state index contributed by atoms with van der Waals surface area (Å²) in [6, 6.07) is 10.7. The van der Waals surface area contributed by atoms with Gasteiger partial charge in [-0.15, -0.1) is 0 Å². The number of aromatic nitrogens is 1. The second-order valence-electron chi connectivity index (χ2n) is 5.90. The zero-order valence-corrected chi connectivity index (χ0v) is 16.2. The molecule has 6 nitrogen and oxygen atoms in total. The summed E-state index contributed by atoms with van der Waals surface area (Å²) in [6.45, 7) is 0. The number of H-pyrrole nitrogens is 1. The normalized spacial score (nSPS) is 11.5. The Balaban J connectivity index is 1.94. The molecule has 3 rings (SSSR count). The van der Waals surface area contributed by atoms with E-state index in [9.17, 15) is 13.2 Å². The van der Waals surface area contributed by atoms with Gasteiger partial charge in [0.15, 0.2) is 0 Å². The van der Waals surface area contributed by atoms with Crippen molar-refractivity contribution >= 4 is 55.7 Å². The molecule has 26 heavy (non-hydrogen) atoms. The van der Waals surface area contributed by atoms with Crippen LogP contribution in [0.25, 0.3) is 10.9 Å². The van der Waals surface area contributed by atoms with Crippen LogP contribution in [0.5, 0.6) is 0 Å². The fraction of sp³-hybridized carbons (Fsp3) is 0.118. The summed E-state index contributed by atoms with van der Waals surface area (Å²) in [5.41, 5.74) is 1.51. The lowest BCUT2D eigenvalue weighted by Gasteiger charge is -2.09. The number of carbonyl (C=O) groups is 1. The number of sulfonamides is 1. The Morgan fingerprint density at radius 1 is 1.04 bits per heavy atom. The third-order valence-corrected chi connectivity index (χ3v) is 5.45. The van der Waals surface area contributed by atoms with Crippen LogP contribution in [0.3, 0.4) is 0 Å². The molecule has 0 saturated heterocycles. The molecule has 0 unspecified atom stereocenters. The number of hydrogen-bond acceptors (Lipinski definition) is 3. The Labute approximate surface area is 160 Å². The molecule has 0 saturated carbocycles. The lowest BCUT2D eigenvalue weighted by molar-refractivity contribution is 0.0823. The summed E-state index contributed by atoms with van der Waals surface area (Å²) in [6.07, 6.45) is 0. The second kappa shape index (κ2) is 6.83. The van der Waals surface area contributed by atoms with Gasteiger partial charge in [0.1, 0.15) is 5.69 Å². The number of anilines is 1. The van der Waals surface area contributed by atoms with E-state index in [1.807, 2.05) is 0 Å². The van der Waals surface area contributed by atoms with E-state index >= 15 is 0 Å². The lowest BCUT2D eigenvalue weighted by Crippen LogP contribution is -2.21. The second-order valence-corrected chi connectivity index (χ2v) is 8.45. The van der Waals surface area contributed by atoms with Gasteiger partial charge in [-0.3, -0.25) is 9.52 Å². The van der Waals surface area contributed by atoms with Crippen molar-refractivity contribution in [2.45, 2.75) is 4.90 Å². The fourth-order valence-electron chi connectivity index (χ4n) is 2.45. The van der Waals surface area contributed by atoms with Gasteiger partial charge >= 0.3 is 0 Å². The van der Waals surface area contributed by atoms with E-state index < -0.39 is 10.0 Å². The predicted molar refractivity (Wildman–Crippen MR) is 104 cm³/mol. The molecule has 0 radical (unpaired) electrons. The fourth-order valence-corrected chi connectivity index (χ4v) is 4.22. The Bertz CT molecular complexity index is 1090. The molecule has 0 spiro atoms. The Kier molecular flexibility index (Phi) is 4.88. The number of benzene rings is 2. The van der Waals surface area contributed by atoms with E-state index in [1.165, 1.54) is 23.1 Å². The maximum atomic E-state index is 12.5. The molecule has 136 valence electrons. The monoisotopic (exact) mass is 411 g/mol. The minimum Gasteiger partial charge on any atom is -0.351 e. The highest BCUT2D eigenvalue weighted by molar-refractivity contribution is 7.92. The van der Waals surface area contributed by atoms with E-state index in [0.717, 1.165) is 5.52 Å². The van der Waals surface area contributed by atoms with Crippen LogP contribution in [0.1, 0.15) is 10.5 Å². The number of amides is 1. The van der Waals surface area contributed by atoms with Crippen molar-refractivity contribution in [2.75, 3.05) is 18.8 Å². The Hall–Kier alpha value is -2.22. The molecule has 1 amide bonds. The Morgan fingerprint density at radius 2 is 1.69 bits per heavy atom. The van der Waals surface area contributed by atoms with Crippen LogP contribution in [0.4, 0.5) is 5.69 Å². The first kappa shape index (κ1) is 18.6. The molecule has 0 aliphatic carbocycles. The van der Waals surface area contributed by atoms with E-state index in [0.29, 0.717) is 16.8 Å². The van der Waals surface area contributed by atoms with Crippen molar-refractivity contribution in [3.05, 3.63) is 58.2 Å². The van der Waals surface area contributed by atoms with Crippen LogP contribution in [-0.2, 0) is 10.0 Å². The highest BCUT2D eigenvalue weighted by Crippen LogP contribution is 2.26. The summed E-state index contributed by atoms with van der Waals surface area (Å²) in [7, 11) is -0.542. The molecule has 2 N–H and O–H groups in total. The molecule has 1 heterocycles. The summed E-state index contributed by atoms with van der Waals surface area (Å²) < 4.78 is 27.6. The van der Waals surface area contributed by atoms with E-state index in [2.05, 4.69) is 9.71 Å². The number of halogens is 2. The summed E-state index contributed by atoms with van der Waals surface area (Å²) in [5, 5.41) is 1.16. The van der Waals surface area contributed by atoms with Crippen LogP contribution in [0.15, 0.2) is 47.4 Å². The first-order valence-electron chi connectivity index (χ1n) is 7.49. The van der Waals surface area contributed by atoms with Gasteiger partial charge in [0.25, 0.3) is 15.9 Å². The maximum absolute atomic E-state index is 12.5. The van der Waals surface area contributed by atoms with Crippen molar-refractivity contribution in [1.82, 2.24) is 9.88 Å². The third kappa shape index (κ3) is 3.80. The topological polar surface area (TPSA) is 82.3 Å². The first-order chi connectivity index (χ1) is 12.2. The van der Waals surface area contributed by atoms with Crippen molar-refractivity contribution in [3.8, 4) is 0 Å². The van der Waals surface area contributed by atoms with Crippen molar-refractivity contribution in [1.29, 1.82) is 0 Å². The van der Waals surface area contributed by atoms with Gasteiger partial charge in [0, 0.05) is 40.7 Å². The maximum Gasteiger partial charge on any atom is 0.269 e. The highest BCUT2D eigenvalue weighted by Gasteiger charge is 2.17. The van der Waals surface area contributed by atoms with Gasteiger partial charge in [-0.25, -0.2) is 8.42 Å². The minimum absolute atomic E-state index is 0.0346. The van der Waals surface area contributed by atoms with E-state index in [1.54, 1.807) is 38.4 Å². The number of aromatic amines is 1. The zero-order valence-electron chi connectivity index (χ0n) is 13.9. The van der Waals surface area contributed by atoms with Gasteiger partial charge in [0.2, 0.25) is 0 Å². The van der Waals surface area contributed by atoms with Crippen LogP contribution in [0.2, 0.25) is 10.0 Å². The molecule has 0 fully saturated rings. The summed E-state index contributed by atoms with van der Waals surface area (Å²) in [5.74, 6) is -0.170. The lowest BCUT2D eigenvalue weighted by atomic mass is 10.2. The molecule has 1 aromatic heterocycles. The van der Waals surface area contributed by atoms with Crippen LogP contribution < -0.4 is 4.72 Å². The molecule has 0 atom stereocenters. The number of nitrogens with zero attached hydrogens (tertiary/aromatic N) is 1. The van der Waals surface area contributed by atoms with Gasteiger partial charge in [-0.05, 0) is 42.5 Å². The van der Waals surface area contributed by atoms with Crippen LogP contribution in [-0.4, -0.2) is 38.3 Å². The molecule has 2 aromatic carbocycles. The highest BCUT2D eigenvalue weighted by atomic mass is 35.5. The van der Waals surface area contributed by atoms with Gasteiger partial charge in [-0.1, -0.05) is 23.2 Å². The SMILES string of the molecule is CN(C)C(=O)c1cc2cc(NS(=O)(=O)c3cc(Cl)cc(Cl)c3)ccc2[nH]1. The number of hydrogen-bond donors (Lipinski definition) is 2.